The minimum absolute atomic E-state index is 0.465. The van der Waals surface area contributed by atoms with Crippen LogP contribution in [0.4, 0.5) is 0 Å². The fraction of sp³-hybridized carbons (Fsp3) is 0. The van der Waals surface area contributed by atoms with Crippen LogP contribution < -0.4 is 10.6 Å². The van der Waals surface area contributed by atoms with E-state index in [-0.39, 0.29) is 0 Å². The van der Waals surface area contributed by atoms with Crippen LogP contribution in [0.25, 0.3) is 0 Å². The first-order chi connectivity index (χ1) is 10.1. The fourth-order valence-electron chi connectivity index (χ4n) is 1.88. The number of hydrogen-bond donors (Lipinski definition) is 0. The topological polar surface area (TPSA) is 34.1 Å². The summed E-state index contributed by atoms with van der Waals surface area (Å²) in [6, 6.07) is 17.9. The molecule has 0 spiro atoms. The second-order valence-corrected chi connectivity index (χ2v) is 9.80. The van der Waals surface area contributed by atoms with Gasteiger partial charge in [-0.15, -0.1) is 0 Å². The van der Waals surface area contributed by atoms with E-state index in [1.807, 2.05) is 12.1 Å². The molecule has 0 aliphatic rings. The molecule has 0 N–H and O–H groups in total. The molecule has 0 bridgehead atoms. The SMILES string of the molecule is [2H]PB(P([2H])B=O)P(=O)(c1ccccc1)c1ccccc1. The predicted molar refractivity (Wildman–Crippen MR) is 90.0 cm³/mol. The van der Waals surface area contributed by atoms with Crippen molar-refractivity contribution < 1.29 is 9.27 Å². The Morgan fingerprint density at radius 3 is 1.95 bits per heavy atom. The van der Waals surface area contributed by atoms with Crippen LogP contribution in [0.2, 0.25) is 0 Å². The van der Waals surface area contributed by atoms with E-state index in [4.69, 9.17) is 2.56 Å². The van der Waals surface area contributed by atoms with Crippen molar-refractivity contribution >= 4 is 47.7 Å². The summed E-state index contributed by atoms with van der Waals surface area (Å²) in [5.41, 5.74) is 0. The van der Waals surface area contributed by atoms with Gasteiger partial charge in [0.1, 0.15) is 0 Å². The van der Waals surface area contributed by atoms with E-state index in [1.165, 1.54) is 0 Å². The third-order valence-corrected chi connectivity index (χ3v) is 8.96. The molecule has 2 aromatic carbocycles. The third kappa shape index (κ3) is 3.14. The van der Waals surface area contributed by atoms with Crippen molar-refractivity contribution in [3.63, 3.8) is 0 Å². The van der Waals surface area contributed by atoms with Gasteiger partial charge in [-0.3, -0.25) is 0 Å². The van der Waals surface area contributed by atoms with Crippen LogP contribution >= 0.6 is 24.4 Å². The van der Waals surface area contributed by atoms with Crippen LogP contribution in [-0.2, 0) is 9.27 Å². The van der Waals surface area contributed by atoms with E-state index < -0.39 is 30.2 Å². The van der Waals surface area contributed by atoms with Crippen LogP contribution in [0.3, 0.4) is 0 Å². The van der Waals surface area contributed by atoms with Crippen LogP contribution in [0, 0.1) is 0 Å². The zero-order chi connectivity index (χ0) is 15.3. The van der Waals surface area contributed by atoms with Crippen molar-refractivity contribution in [3.05, 3.63) is 60.7 Å². The molecule has 2 rings (SSSR count). The Bertz CT molecular complexity index is 602. The summed E-state index contributed by atoms with van der Waals surface area (Å²) < 4.78 is 40.5. The van der Waals surface area contributed by atoms with E-state index in [9.17, 15) is 9.27 Å². The molecule has 0 saturated carbocycles. The van der Waals surface area contributed by atoms with Crippen molar-refractivity contribution in [3.8, 4) is 0 Å². The molecule has 0 aromatic heterocycles. The standard InChI is InChI=1S/C12H13B2O2P3/c15-13-18-14(17)19(16,11-7-3-1-4-8-11)12-9-5-2-6-10-12/h1-10,18H,17H2/i17D,18D. The maximum atomic E-state index is 13.8. The number of hydrogen-bond acceptors (Lipinski definition) is 2. The third-order valence-electron chi connectivity index (χ3n) is 2.83. The molecule has 0 amide bonds. The summed E-state index contributed by atoms with van der Waals surface area (Å²) >= 11 is 0. The summed E-state index contributed by atoms with van der Waals surface area (Å²) in [5, 5.41) is 1.23. The molecule has 2 atom stereocenters. The van der Waals surface area contributed by atoms with Gasteiger partial charge in [0.05, 0.1) is 0 Å². The van der Waals surface area contributed by atoms with E-state index in [0.29, 0.717) is 17.5 Å². The van der Waals surface area contributed by atoms with Gasteiger partial charge in [0.25, 0.3) is 0 Å². The quantitative estimate of drug-likeness (QED) is 0.607. The van der Waals surface area contributed by atoms with Crippen molar-refractivity contribution in [1.82, 2.24) is 0 Å². The first-order valence-corrected chi connectivity index (χ1v) is 9.14. The first-order valence-electron chi connectivity index (χ1n) is 6.70. The van der Waals surface area contributed by atoms with Gasteiger partial charge in [0.15, 0.2) is 0 Å². The van der Waals surface area contributed by atoms with Crippen LogP contribution in [0.5, 0.6) is 0 Å². The average Bonchev–Trinajstić information content (AvgIpc) is 2.56. The van der Waals surface area contributed by atoms with Crippen molar-refractivity contribution in [2.24, 2.45) is 0 Å². The van der Waals surface area contributed by atoms with Gasteiger partial charge in [-0.05, 0) is 0 Å². The zero-order valence-corrected chi connectivity index (χ0v) is 12.9. The van der Waals surface area contributed by atoms with E-state index >= 15 is 0 Å². The molecule has 7 heteroatoms. The second-order valence-electron chi connectivity index (χ2n) is 3.96. The Hall–Kier alpha value is -0.540. The van der Waals surface area contributed by atoms with Gasteiger partial charge in [-0.1, -0.05) is 0 Å². The van der Waals surface area contributed by atoms with Gasteiger partial charge >= 0.3 is 120 Å². The van der Waals surface area contributed by atoms with Crippen molar-refractivity contribution in [1.29, 1.82) is 2.56 Å². The molecule has 0 fully saturated rings. The molecule has 0 saturated heterocycles. The van der Waals surface area contributed by atoms with Crippen LogP contribution in [0.15, 0.2) is 60.7 Å². The van der Waals surface area contributed by atoms with Gasteiger partial charge in [-0.25, -0.2) is 0 Å². The maximum absolute atomic E-state index is 13.8. The van der Waals surface area contributed by atoms with Gasteiger partial charge in [0.2, 0.25) is 0 Å². The summed E-state index contributed by atoms with van der Waals surface area (Å²) in [4.78, 5) is 0. The molecule has 0 radical (unpaired) electrons. The van der Waals surface area contributed by atoms with E-state index in [1.54, 1.807) is 48.5 Å². The number of benzene rings is 2. The summed E-state index contributed by atoms with van der Waals surface area (Å²) in [5.74, 6) is -0.741. The van der Waals surface area contributed by atoms with Crippen LogP contribution in [0.1, 0.15) is 0 Å². The van der Waals surface area contributed by atoms with Gasteiger partial charge in [0, 0.05) is 0 Å². The molecular formula is C12H13B2O2P3. The predicted octanol–water partition coefficient (Wildman–Crippen LogP) is 2.50. The molecular weight excluding hydrogens is 291 g/mol. The van der Waals surface area contributed by atoms with Gasteiger partial charge < -0.3 is 0 Å². The molecule has 2 nitrogen and oxygen atoms in total. The van der Waals surface area contributed by atoms with Crippen molar-refractivity contribution in [2.45, 2.75) is 0 Å². The molecule has 19 heavy (non-hydrogen) atoms. The average molecular weight is 306 g/mol. The Morgan fingerprint density at radius 2 is 1.58 bits per heavy atom. The number of rotatable bonds is 6. The molecule has 0 heterocycles. The van der Waals surface area contributed by atoms with E-state index in [0.717, 1.165) is 0 Å². The summed E-state index contributed by atoms with van der Waals surface area (Å²) in [7, 11) is -5.48. The Morgan fingerprint density at radius 1 is 1.11 bits per heavy atom. The zero-order valence-electron chi connectivity index (χ0n) is 12.1. The first kappa shape index (κ1) is 12.2. The molecule has 94 valence electrons. The Balaban J connectivity index is 2.65. The second kappa shape index (κ2) is 6.76. The molecule has 0 aliphatic heterocycles. The molecule has 2 unspecified atom stereocenters. The minimum atomic E-state index is -3.17. The molecule has 2 aromatic rings. The summed E-state index contributed by atoms with van der Waals surface area (Å²) in [6.45, 7) is 0.542. The monoisotopic (exact) mass is 306 g/mol. The van der Waals surface area contributed by atoms with Crippen LogP contribution in [-0.4, -0.2) is 15.3 Å². The normalized spacial score (nSPS) is 14.5. The Labute approximate surface area is 120 Å². The Kier molecular flexibility index (Phi) is 4.35. The van der Waals surface area contributed by atoms with Crippen molar-refractivity contribution in [2.75, 3.05) is 0 Å². The van der Waals surface area contributed by atoms with E-state index in [2.05, 4.69) is 0 Å². The summed E-state index contributed by atoms with van der Waals surface area (Å²) in [6.07, 6.45) is 0. The fourth-order valence-corrected chi connectivity index (χ4v) is 6.88. The molecule has 0 aliphatic carbocycles. The van der Waals surface area contributed by atoms with Gasteiger partial charge in [-0.2, -0.15) is 0 Å².